The van der Waals surface area contributed by atoms with Crippen LogP contribution in [0.2, 0.25) is 0 Å². The minimum absolute atomic E-state index is 0.0868. The highest BCUT2D eigenvalue weighted by Crippen LogP contribution is 2.42. The molecule has 1 aliphatic heterocycles. The number of aryl methyl sites for hydroxylation is 1. The third-order valence-corrected chi connectivity index (χ3v) is 5.53. The molecule has 0 bridgehead atoms. The summed E-state index contributed by atoms with van der Waals surface area (Å²) < 4.78 is 15.2. The summed E-state index contributed by atoms with van der Waals surface area (Å²) in [4.78, 5) is 27.0. The van der Waals surface area contributed by atoms with Crippen LogP contribution in [0.1, 0.15) is 50.3 Å². The molecule has 1 N–H and O–H groups in total. The van der Waals surface area contributed by atoms with E-state index >= 15 is 0 Å². The van der Waals surface area contributed by atoms with E-state index < -0.39 is 6.17 Å². The van der Waals surface area contributed by atoms with E-state index in [0.29, 0.717) is 25.7 Å². The van der Waals surface area contributed by atoms with Gasteiger partial charge in [0, 0.05) is 31.6 Å². The Bertz CT molecular complexity index is 657. The van der Waals surface area contributed by atoms with Crippen molar-refractivity contribution in [2.75, 3.05) is 0 Å². The molecule has 6 nitrogen and oxygen atoms in total. The normalized spacial score (nSPS) is 33.2. The largest absolute Gasteiger partial charge is 0.350 e. The summed E-state index contributed by atoms with van der Waals surface area (Å²) in [6, 6.07) is 1.75. The lowest BCUT2D eigenvalue weighted by Gasteiger charge is -2.29. The van der Waals surface area contributed by atoms with E-state index in [4.69, 9.17) is 0 Å². The van der Waals surface area contributed by atoms with Crippen molar-refractivity contribution >= 4 is 11.8 Å². The second kappa shape index (κ2) is 5.86. The van der Waals surface area contributed by atoms with Crippen molar-refractivity contribution in [1.29, 1.82) is 0 Å². The lowest BCUT2D eigenvalue weighted by Crippen LogP contribution is -2.43. The molecule has 0 radical (unpaired) electrons. The smallest absolute Gasteiger partial charge is 0.225 e. The van der Waals surface area contributed by atoms with Gasteiger partial charge in [-0.05, 0) is 38.2 Å². The fourth-order valence-electron chi connectivity index (χ4n) is 4.16. The van der Waals surface area contributed by atoms with Crippen molar-refractivity contribution in [3.8, 4) is 0 Å². The Kier molecular flexibility index (Phi) is 3.81. The van der Waals surface area contributed by atoms with Gasteiger partial charge in [-0.2, -0.15) is 5.10 Å². The van der Waals surface area contributed by atoms with E-state index in [9.17, 15) is 14.0 Å². The van der Waals surface area contributed by atoms with Gasteiger partial charge < -0.3 is 10.2 Å². The van der Waals surface area contributed by atoms with Gasteiger partial charge >= 0.3 is 0 Å². The third kappa shape index (κ3) is 2.70. The molecule has 1 saturated heterocycles. The van der Waals surface area contributed by atoms with E-state index in [2.05, 4.69) is 10.4 Å². The molecule has 2 saturated carbocycles. The lowest BCUT2D eigenvalue weighted by molar-refractivity contribution is -0.129. The van der Waals surface area contributed by atoms with E-state index in [-0.39, 0.29) is 35.9 Å². The van der Waals surface area contributed by atoms with Gasteiger partial charge in [0.1, 0.15) is 6.17 Å². The number of rotatable bonds is 4. The molecular weight excluding hydrogens is 311 g/mol. The van der Waals surface area contributed by atoms with E-state index in [1.165, 1.54) is 0 Å². The van der Waals surface area contributed by atoms with Gasteiger partial charge in [0.2, 0.25) is 11.8 Å². The van der Waals surface area contributed by atoms with Gasteiger partial charge in [0.25, 0.3) is 0 Å². The standard InChI is InChI=1S/C17H23FN4O2/c1-21-14(6-7-19-21)16-13(9-15(23)22(16)12-4-5-12)20-17(24)10-2-3-11(18)8-10/h6-7,10-13,16H,2-5,8-9H2,1H3,(H,20,24)/t10?,11?,13-,16-/m0/s1. The first-order chi connectivity index (χ1) is 11.5. The van der Waals surface area contributed by atoms with Crippen LogP contribution >= 0.6 is 0 Å². The molecule has 24 heavy (non-hydrogen) atoms. The maximum absolute atomic E-state index is 13.4. The number of nitrogens with one attached hydrogen (secondary N) is 1. The van der Waals surface area contributed by atoms with Crippen molar-refractivity contribution in [3.05, 3.63) is 18.0 Å². The molecule has 2 amide bonds. The molecule has 130 valence electrons. The number of alkyl halides is 1. The highest BCUT2D eigenvalue weighted by molar-refractivity contribution is 5.84. The highest BCUT2D eigenvalue weighted by Gasteiger charge is 2.49. The Hall–Kier alpha value is -1.92. The van der Waals surface area contributed by atoms with Crippen molar-refractivity contribution in [1.82, 2.24) is 20.0 Å². The van der Waals surface area contributed by atoms with Crippen LogP contribution in [0.4, 0.5) is 4.39 Å². The van der Waals surface area contributed by atoms with Gasteiger partial charge in [0.15, 0.2) is 0 Å². The van der Waals surface area contributed by atoms with Crippen molar-refractivity contribution in [3.63, 3.8) is 0 Å². The average molecular weight is 334 g/mol. The molecule has 1 aromatic rings. The number of hydrogen-bond donors (Lipinski definition) is 1. The number of likely N-dealkylation sites (tertiary alicyclic amines) is 1. The predicted molar refractivity (Wildman–Crippen MR) is 84.6 cm³/mol. The van der Waals surface area contributed by atoms with E-state index in [1.807, 2.05) is 18.0 Å². The SMILES string of the molecule is Cn1nccc1[C@@H]1[C@@H](NC(=O)C2CCC(F)C2)CC(=O)N1C1CC1. The maximum Gasteiger partial charge on any atom is 0.225 e. The van der Waals surface area contributed by atoms with Crippen LogP contribution in [-0.2, 0) is 16.6 Å². The van der Waals surface area contributed by atoms with E-state index in [0.717, 1.165) is 18.5 Å². The van der Waals surface area contributed by atoms with Crippen molar-refractivity contribution in [2.45, 2.75) is 62.8 Å². The minimum Gasteiger partial charge on any atom is -0.350 e. The summed E-state index contributed by atoms with van der Waals surface area (Å²) in [5, 5.41) is 7.26. The second-order valence-electron chi connectivity index (χ2n) is 7.28. The summed E-state index contributed by atoms with van der Waals surface area (Å²) >= 11 is 0. The van der Waals surface area contributed by atoms with Crippen LogP contribution in [-0.4, -0.2) is 44.8 Å². The van der Waals surface area contributed by atoms with Crippen LogP contribution in [0.25, 0.3) is 0 Å². The summed E-state index contributed by atoms with van der Waals surface area (Å²) in [5.41, 5.74) is 0.938. The van der Waals surface area contributed by atoms with Crippen LogP contribution in [0.15, 0.2) is 12.3 Å². The molecule has 3 aliphatic rings. The van der Waals surface area contributed by atoms with Crippen LogP contribution < -0.4 is 5.32 Å². The summed E-state index contributed by atoms with van der Waals surface area (Å²) in [6.45, 7) is 0. The molecule has 2 unspecified atom stereocenters. The van der Waals surface area contributed by atoms with Gasteiger partial charge in [-0.25, -0.2) is 4.39 Å². The summed E-state index contributed by atoms with van der Waals surface area (Å²) in [5.74, 6) is -0.293. The molecule has 2 heterocycles. The Balaban J connectivity index is 1.55. The summed E-state index contributed by atoms with van der Waals surface area (Å²) in [6.07, 6.45) is 4.55. The Labute approximate surface area is 140 Å². The lowest BCUT2D eigenvalue weighted by atomic mass is 10.0. The zero-order valence-corrected chi connectivity index (χ0v) is 13.8. The molecule has 0 aromatic carbocycles. The fraction of sp³-hybridized carbons (Fsp3) is 0.706. The number of hydrogen-bond acceptors (Lipinski definition) is 3. The molecule has 0 spiro atoms. The third-order valence-electron chi connectivity index (χ3n) is 5.53. The zero-order valence-electron chi connectivity index (χ0n) is 13.8. The molecule has 4 rings (SSSR count). The number of halogens is 1. The van der Waals surface area contributed by atoms with Gasteiger partial charge in [-0.1, -0.05) is 0 Å². The quantitative estimate of drug-likeness (QED) is 0.907. The Morgan fingerprint density at radius 2 is 2.12 bits per heavy atom. The monoisotopic (exact) mass is 334 g/mol. The van der Waals surface area contributed by atoms with Crippen LogP contribution in [0.5, 0.6) is 0 Å². The number of carbonyl (C=O) groups excluding carboxylic acids is 2. The zero-order chi connectivity index (χ0) is 16.8. The first kappa shape index (κ1) is 15.6. The van der Waals surface area contributed by atoms with Gasteiger partial charge in [-0.3, -0.25) is 14.3 Å². The predicted octanol–water partition coefficient (Wildman–Crippen LogP) is 1.48. The Morgan fingerprint density at radius 1 is 1.33 bits per heavy atom. The van der Waals surface area contributed by atoms with Gasteiger partial charge in [0.05, 0.1) is 17.8 Å². The fourth-order valence-corrected chi connectivity index (χ4v) is 4.16. The molecule has 7 heteroatoms. The molecular formula is C17H23FN4O2. The highest BCUT2D eigenvalue weighted by atomic mass is 19.1. The molecule has 3 fully saturated rings. The topological polar surface area (TPSA) is 67.2 Å². The summed E-state index contributed by atoms with van der Waals surface area (Å²) in [7, 11) is 1.85. The number of amides is 2. The van der Waals surface area contributed by atoms with Crippen molar-refractivity contribution < 1.29 is 14.0 Å². The molecule has 1 aromatic heterocycles. The van der Waals surface area contributed by atoms with Gasteiger partial charge in [-0.15, -0.1) is 0 Å². The first-order valence-corrected chi connectivity index (χ1v) is 8.78. The average Bonchev–Trinajstić information content (AvgIpc) is 2.99. The molecule has 4 atom stereocenters. The molecule has 2 aliphatic carbocycles. The number of nitrogens with zero attached hydrogens (tertiary/aromatic N) is 3. The van der Waals surface area contributed by atoms with Crippen LogP contribution in [0, 0.1) is 5.92 Å². The van der Waals surface area contributed by atoms with E-state index in [1.54, 1.807) is 10.9 Å². The number of carbonyl (C=O) groups is 2. The Morgan fingerprint density at radius 3 is 2.71 bits per heavy atom. The minimum atomic E-state index is -0.873. The maximum atomic E-state index is 13.4. The van der Waals surface area contributed by atoms with Crippen LogP contribution in [0.3, 0.4) is 0 Å². The second-order valence-corrected chi connectivity index (χ2v) is 7.28. The number of aromatic nitrogens is 2. The van der Waals surface area contributed by atoms with Crippen molar-refractivity contribution in [2.24, 2.45) is 13.0 Å². The first-order valence-electron chi connectivity index (χ1n) is 8.78.